The zero-order valence-electron chi connectivity index (χ0n) is 18.6. The lowest BCUT2D eigenvalue weighted by Gasteiger charge is -2.11. The second-order valence-corrected chi connectivity index (χ2v) is 9.55. The highest BCUT2D eigenvalue weighted by atomic mass is 32.2. The van der Waals surface area contributed by atoms with E-state index in [9.17, 15) is 17.6 Å². The summed E-state index contributed by atoms with van der Waals surface area (Å²) >= 11 is 0. The maximum Gasteiger partial charge on any atom is 0.261 e. The number of aryl methyl sites for hydroxylation is 2. The lowest BCUT2D eigenvalue weighted by atomic mass is 10.2. The van der Waals surface area contributed by atoms with Crippen molar-refractivity contribution < 1.29 is 17.6 Å². The molecule has 9 heteroatoms. The van der Waals surface area contributed by atoms with Gasteiger partial charge in [-0.2, -0.15) is 5.10 Å². The van der Waals surface area contributed by atoms with Crippen LogP contribution in [-0.2, 0) is 16.6 Å². The molecule has 0 saturated heterocycles. The molecule has 0 aliphatic carbocycles. The number of benzene rings is 3. The summed E-state index contributed by atoms with van der Waals surface area (Å²) in [6.07, 6.45) is 0. The van der Waals surface area contributed by atoms with Gasteiger partial charge in [0.1, 0.15) is 11.6 Å². The van der Waals surface area contributed by atoms with Gasteiger partial charge in [-0.05, 0) is 55.3 Å². The van der Waals surface area contributed by atoms with Crippen LogP contribution in [0.15, 0.2) is 83.8 Å². The van der Waals surface area contributed by atoms with Crippen molar-refractivity contribution in [3.05, 3.63) is 107 Å². The maximum absolute atomic E-state index is 13.8. The molecule has 3 aromatic carbocycles. The predicted octanol–water partition coefficient (Wildman–Crippen LogP) is 4.74. The van der Waals surface area contributed by atoms with Gasteiger partial charge in [0.2, 0.25) is 0 Å². The molecule has 174 valence electrons. The number of sulfonamides is 1. The first-order valence-electron chi connectivity index (χ1n) is 10.5. The number of aromatic nitrogens is 2. The molecule has 0 saturated carbocycles. The molecule has 0 aliphatic heterocycles. The van der Waals surface area contributed by atoms with E-state index >= 15 is 0 Å². The van der Waals surface area contributed by atoms with Crippen molar-refractivity contribution in [2.75, 3.05) is 10.0 Å². The number of carbonyl (C=O) groups excluding carboxylic acids is 1. The van der Waals surface area contributed by atoms with E-state index in [-0.39, 0.29) is 16.1 Å². The highest BCUT2D eigenvalue weighted by molar-refractivity contribution is 7.92. The van der Waals surface area contributed by atoms with Gasteiger partial charge in [-0.1, -0.05) is 42.5 Å². The number of halogens is 1. The number of rotatable bonds is 7. The minimum atomic E-state index is -4.03. The summed E-state index contributed by atoms with van der Waals surface area (Å²) in [5.41, 5.74) is 2.56. The van der Waals surface area contributed by atoms with E-state index in [1.54, 1.807) is 29.8 Å². The minimum absolute atomic E-state index is 0.183. The van der Waals surface area contributed by atoms with Crippen molar-refractivity contribution in [2.45, 2.75) is 25.3 Å². The largest absolute Gasteiger partial charge is 0.307 e. The van der Waals surface area contributed by atoms with Gasteiger partial charge in [0.15, 0.2) is 0 Å². The summed E-state index contributed by atoms with van der Waals surface area (Å²) in [5.74, 6) is -0.512. The normalized spacial score (nSPS) is 11.3. The average Bonchev–Trinajstić information content (AvgIpc) is 3.14. The predicted molar refractivity (Wildman–Crippen MR) is 129 cm³/mol. The number of anilines is 2. The van der Waals surface area contributed by atoms with E-state index in [0.717, 1.165) is 17.3 Å². The monoisotopic (exact) mass is 478 g/mol. The third-order valence-electron chi connectivity index (χ3n) is 5.15. The zero-order chi connectivity index (χ0) is 24.3. The fourth-order valence-corrected chi connectivity index (χ4v) is 4.45. The van der Waals surface area contributed by atoms with Gasteiger partial charge in [0, 0.05) is 17.3 Å². The quantitative estimate of drug-likeness (QED) is 0.401. The lowest BCUT2D eigenvalue weighted by molar-refractivity contribution is 0.102. The van der Waals surface area contributed by atoms with Gasteiger partial charge in [0.05, 0.1) is 17.1 Å². The van der Waals surface area contributed by atoms with Crippen LogP contribution >= 0.6 is 0 Å². The van der Waals surface area contributed by atoms with E-state index in [1.807, 2.05) is 37.3 Å². The van der Waals surface area contributed by atoms with Crippen LogP contribution in [0, 0.1) is 19.7 Å². The number of hydrogen-bond acceptors (Lipinski definition) is 4. The standard InChI is InChI=1S/C25H23FN4O3S/c1-17-11-12-22(15-23(17)26)34(32,33)29-21-10-6-9-20(14-21)25(31)27-24-13-18(2)28-30(24)16-19-7-4-3-5-8-19/h3-15,29H,16H2,1-2H3,(H,27,31). The molecule has 0 bridgehead atoms. The number of nitrogens with one attached hydrogen (secondary N) is 2. The van der Waals surface area contributed by atoms with Gasteiger partial charge in [-0.25, -0.2) is 17.5 Å². The molecule has 0 spiro atoms. The molecule has 4 rings (SSSR count). The number of nitrogens with zero attached hydrogens (tertiary/aromatic N) is 2. The van der Waals surface area contributed by atoms with Gasteiger partial charge >= 0.3 is 0 Å². The molecule has 4 aromatic rings. The van der Waals surface area contributed by atoms with Crippen LogP contribution in [0.2, 0.25) is 0 Å². The van der Waals surface area contributed by atoms with Crippen LogP contribution < -0.4 is 10.0 Å². The van der Waals surface area contributed by atoms with E-state index in [4.69, 9.17) is 0 Å². The Morgan fingerprint density at radius 3 is 2.47 bits per heavy atom. The third kappa shape index (κ3) is 5.32. The summed E-state index contributed by atoms with van der Waals surface area (Å²) in [5, 5.41) is 7.28. The molecule has 0 aliphatic rings. The van der Waals surface area contributed by atoms with E-state index in [2.05, 4.69) is 15.1 Å². The molecule has 0 atom stereocenters. The van der Waals surface area contributed by atoms with Gasteiger partial charge < -0.3 is 5.32 Å². The molecule has 34 heavy (non-hydrogen) atoms. The van der Waals surface area contributed by atoms with Crippen molar-refractivity contribution >= 4 is 27.4 Å². The number of amides is 1. The maximum atomic E-state index is 13.8. The Morgan fingerprint density at radius 1 is 0.971 bits per heavy atom. The number of carbonyl (C=O) groups is 1. The van der Waals surface area contributed by atoms with Gasteiger partial charge in [-0.15, -0.1) is 0 Å². The number of hydrogen-bond donors (Lipinski definition) is 2. The zero-order valence-corrected chi connectivity index (χ0v) is 19.4. The average molecular weight is 479 g/mol. The molecular formula is C25H23FN4O3S. The fourth-order valence-electron chi connectivity index (χ4n) is 3.39. The van der Waals surface area contributed by atoms with Crippen LogP contribution in [0.4, 0.5) is 15.9 Å². The summed E-state index contributed by atoms with van der Waals surface area (Å²) < 4.78 is 43.3. The van der Waals surface area contributed by atoms with Crippen molar-refractivity contribution in [3.8, 4) is 0 Å². The van der Waals surface area contributed by atoms with Crippen molar-refractivity contribution in [1.82, 2.24) is 9.78 Å². The first kappa shape index (κ1) is 23.2. The highest BCUT2D eigenvalue weighted by Gasteiger charge is 2.17. The van der Waals surface area contributed by atoms with Crippen LogP contribution in [0.1, 0.15) is 27.2 Å². The summed E-state index contributed by atoms with van der Waals surface area (Å²) in [6.45, 7) is 3.87. The Labute approximate surface area is 197 Å². The Bertz CT molecular complexity index is 1450. The van der Waals surface area contributed by atoms with Crippen LogP contribution in [-0.4, -0.2) is 24.1 Å². The van der Waals surface area contributed by atoms with Gasteiger partial charge in [0.25, 0.3) is 15.9 Å². The van der Waals surface area contributed by atoms with E-state index in [0.29, 0.717) is 17.9 Å². The van der Waals surface area contributed by atoms with Crippen LogP contribution in [0.25, 0.3) is 0 Å². The topological polar surface area (TPSA) is 93.1 Å². The third-order valence-corrected chi connectivity index (χ3v) is 6.53. The van der Waals surface area contributed by atoms with Crippen LogP contribution in [0.3, 0.4) is 0 Å². The SMILES string of the molecule is Cc1cc(NC(=O)c2cccc(NS(=O)(=O)c3ccc(C)c(F)c3)c2)n(Cc2ccccc2)n1. The first-order chi connectivity index (χ1) is 16.2. The minimum Gasteiger partial charge on any atom is -0.307 e. The highest BCUT2D eigenvalue weighted by Crippen LogP contribution is 2.20. The summed E-state index contributed by atoms with van der Waals surface area (Å²) in [7, 11) is -4.03. The lowest BCUT2D eigenvalue weighted by Crippen LogP contribution is -2.17. The molecule has 1 heterocycles. The van der Waals surface area contributed by atoms with Crippen LogP contribution in [0.5, 0.6) is 0 Å². The molecule has 7 nitrogen and oxygen atoms in total. The second kappa shape index (κ2) is 9.48. The molecular weight excluding hydrogens is 455 g/mol. The van der Waals surface area contributed by atoms with Crippen molar-refractivity contribution in [3.63, 3.8) is 0 Å². The molecule has 0 fully saturated rings. The van der Waals surface area contributed by atoms with Crippen molar-refractivity contribution in [2.24, 2.45) is 0 Å². The Balaban J connectivity index is 1.52. The van der Waals surface area contributed by atoms with E-state index < -0.39 is 21.7 Å². The second-order valence-electron chi connectivity index (χ2n) is 7.87. The molecule has 1 aromatic heterocycles. The molecule has 1 amide bonds. The molecule has 0 unspecified atom stereocenters. The first-order valence-corrected chi connectivity index (χ1v) is 12.0. The Morgan fingerprint density at radius 2 is 1.74 bits per heavy atom. The summed E-state index contributed by atoms with van der Waals surface area (Å²) in [4.78, 5) is 12.7. The van der Waals surface area contributed by atoms with Crippen molar-refractivity contribution in [1.29, 1.82) is 0 Å². The van der Waals surface area contributed by atoms with Gasteiger partial charge in [-0.3, -0.25) is 9.52 Å². The fraction of sp³-hybridized carbons (Fsp3) is 0.120. The van der Waals surface area contributed by atoms with E-state index in [1.165, 1.54) is 24.3 Å². The smallest absolute Gasteiger partial charge is 0.261 e. The summed E-state index contributed by atoms with van der Waals surface area (Å²) in [6, 6.07) is 21.3. The Hall–Kier alpha value is -3.98. The molecule has 0 radical (unpaired) electrons. The molecule has 2 N–H and O–H groups in total. The Kier molecular flexibility index (Phi) is 6.47.